The summed E-state index contributed by atoms with van der Waals surface area (Å²) in [6, 6.07) is 6.21. The second kappa shape index (κ2) is 12.5. The van der Waals surface area contributed by atoms with Crippen LogP contribution in [0.3, 0.4) is 0 Å². The summed E-state index contributed by atoms with van der Waals surface area (Å²) < 4.78 is 14.2. The fraction of sp³-hybridized carbons (Fsp3) is 0.429. The largest absolute Gasteiger partial charge is 0.485 e. The van der Waals surface area contributed by atoms with Gasteiger partial charge in [-0.15, -0.1) is 0 Å². The van der Waals surface area contributed by atoms with Gasteiger partial charge in [0, 0.05) is 30.4 Å². The van der Waals surface area contributed by atoms with Crippen LogP contribution in [0.15, 0.2) is 35.1 Å². The van der Waals surface area contributed by atoms with E-state index in [0.717, 1.165) is 10.3 Å². The van der Waals surface area contributed by atoms with Crippen LogP contribution in [0.2, 0.25) is 10.0 Å². The van der Waals surface area contributed by atoms with Crippen molar-refractivity contribution in [2.45, 2.75) is 58.8 Å². The molecule has 0 spiro atoms. The number of hydrogen-bond donors (Lipinski definition) is 1. The molecular weight excluding hydrogens is 637 g/mol. The van der Waals surface area contributed by atoms with E-state index in [-0.39, 0.29) is 18.2 Å². The maximum atomic E-state index is 13.0. The molecule has 1 atom stereocenters. The molecule has 3 heterocycles. The first-order valence-corrected chi connectivity index (χ1v) is 14.6. The molecule has 1 aliphatic heterocycles. The predicted octanol–water partition coefficient (Wildman–Crippen LogP) is 5.77. The fourth-order valence-electron chi connectivity index (χ4n) is 4.48. The van der Waals surface area contributed by atoms with Crippen LogP contribution < -0.4 is 15.0 Å². The Morgan fingerprint density at radius 1 is 1.22 bits per heavy atom. The van der Waals surface area contributed by atoms with E-state index in [1.54, 1.807) is 46.0 Å². The summed E-state index contributed by atoms with van der Waals surface area (Å²) >= 11 is 16.7. The number of nitrogens with zero attached hydrogens (tertiary/aromatic N) is 4. The number of carbonyl (C=O) groups is 3. The normalized spacial score (nSPS) is 15.2. The summed E-state index contributed by atoms with van der Waals surface area (Å²) in [6.07, 6.45) is 2.48. The Balaban J connectivity index is 1.42. The number of anilines is 1. The van der Waals surface area contributed by atoms with Crippen molar-refractivity contribution in [1.29, 1.82) is 0 Å². The standard InChI is InChI=1S/C28H32BrCl2N5O5/c1-16-24(29)36-13-7-9-21(25(36)33-16)40-15-17-18(30)10-11-19(23(17)31)34(5)22(37)14-32-26(38)20-8-6-12-35(20)27(39)41-28(2,3)4/h7,9-11,13,20H,6,8,12,14-15H2,1-5H3,(H,32,38)/t20-/m0/s1. The molecule has 1 aromatic carbocycles. The van der Waals surface area contributed by atoms with Crippen LogP contribution in [0.1, 0.15) is 44.9 Å². The van der Waals surface area contributed by atoms with Gasteiger partial charge in [-0.1, -0.05) is 23.2 Å². The zero-order chi connectivity index (χ0) is 30.1. The number of likely N-dealkylation sites (tertiary alicyclic amines) is 1. The van der Waals surface area contributed by atoms with E-state index in [4.69, 9.17) is 32.7 Å². The number of halogens is 3. The van der Waals surface area contributed by atoms with Gasteiger partial charge in [-0.2, -0.15) is 0 Å². The zero-order valence-electron chi connectivity index (χ0n) is 23.5. The SMILES string of the molecule is Cc1nc2c(OCc3c(Cl)ccc(N(C)C(=O)CNC(=O)[C@@H]4CCCN4C(=O)OC(C)(C)C)c3Cl)cccn2c1Br. The highest BCUT2D eigenvalue weighted by Gasteiger charge is 2.36. The Morgan fingerprint density at radius 2 is 1.95 bits per heavy atom. The van der Waals surface area contributed by atoms with Crippen LogP contribution in [0.25, 0.3) is 5.65 Å². The molecule has 10 nitrogen and oxygen atoms in total. The quantitative estimate of drug-likeness (QED) is 0.343. The van der Waals surface area contributed by atoms with Gasteiger partial charge in [-0.25, -0.2) is 9.78 Å². The summed E-state index contributed by atoms with van der Waals surface area (Å²) in [6.45, 7) is 7.36. The molecule has 0 aliphatic carbocycles. The monoisotopic (exact) mass is 667 g/mol. The molecule has 0 radical (unpaired) electrons. The highest BCUT2D eigenvalue weighted by molar-refractivity contribution is 9.10. The Hall–Kier alpha value is -3.02. The van der Waals surface area contributed by atoms with Gasteiger partial charge in [0.1, 0.15) is 22.9 Å². The molecule has 1 N–H and O–H groups in total. The van der Waals surface area contributed by atoms with Gasteiger partial charge in [-0.05, 0) is 80.7 Å². The van der Waals surface area contributed by atoms with Crippen molar-refractivity contribution in [3.05, 3.63) is 56.4 Å². The number of amides is 3. The molecule has 1 saturated heterocycles. The third-order valence-electron chi connectivity index (χ3n) is 6.59. The number of fused-ring (bicyclic) bond motifs is 1. The number of imidazole rings is 1. The number of rotatable bonds is 7. The number of hydrogen-bond acceptors (Lipinski definition) is 6. The topological polar surface area (TPSA) is 105 Å². The molecule has 2 aromatic heterocycles. The molecule has 41 heavy (non-hydrogen) atoms. The smallest absolute Gasteiger partial charge is 0.410 e. The van der Waals surface area contributed by atoms with Gasteiger partial charge < -0.3 is 19.7 Å². The number of nitrogens with one attached hydrogen (secondary N) is 1. The molecule has 1 aliphatic rings. The summed E-state index contributed by atoms with van der Waals surface area (Å²) in [5.41, 5.74) is 1.68. The minimum Gasteiger partial charge on any atom is -0.485 e. The number of likely N-dealkylation sites (N-methyl/N-ethyl adjacent to an activating group) is 1. The van der Waals surface area contributed by atoms with Crippen molar-refractivity contribution in [2.24, 2.45) is 0 Å². The Bertz CT molecular complexity index is 1490. The molecule has 3 aromatic rings. The molecular formula is C28H32BrCl2N5O5. The van der Waals surface area contributed by atoms with E-state index < -0.39 is 29.6 Å². The molecule has 220 valence electrons. The fourth-order valence-corrected chi connectivity index (χ4v) is 5.46. The first-order chi connectivity index (χ1) is 19.3. The molecule has 0 bridgehead atoms. The van der Waals surface area contributed by atoms with Crippen molar-refractivity contribution in [3.63, 3.8) is 0 Å². The molecule has 0 saturated carbocycles. The van der Waals surface area contributed by atoms with Crippen LogP contribution in [-0.4, -0.2) is 64.0 Å². The van der Waals surface area contributed by atoms with E-state index in [1.165, 1.54) is 9.80 Å². The average Bonchev–Trinajstić information content (AvgIpc) is 3.51. The number of pyridine rings is 1. The summed E-state index contributed by atoms with van der Waals surface area (Å²) in [4.78, 5) is 45.8. The summed E-state index contributed by atoms with van der Waals surface area (Å²) in [5.74, 6) is -0.279. The number of carbonyl (C=O) groups excluding carboxylic acids is 3. The first-order valence-electron chi connectivity index (χ1n) is 13.0. The highest BCUT2D eigenvalue weighted by atomic mass is 79.9. The highest BCUT2D eigenvalue weighted by Crippen LogP contribution is 2.35. The van der Waals surface area contributed by atoms with Crippen molar-refractivity contribution in [3.8, 4) is 5.75 Å². The maximum absolute atomic E-state index is 13.0. The van der Waals surface area contributed by atoms with Crippen molar-refractivity contribution in [2.75, 3.05) is 25.0 Å². The second-order valence-corrected chi connectivity index (χ2v) is 12.2. The lowest BCUT2D eigenvalue weighted by atomic mass is 10.2. The van der Waals surface area contributed by atoms with Gasteiger partial charge >= 0.3 is 6.09 Å². The van der Waals surface area contributed by atoms with E-state index in [0.29, 0.717) is 47.1 Å². The van der Waals surface area contributed by atoms with E-state index in [1.807, 2.05) is 23.6 Å². The van der Waals surface area contributed by atoms with Crippen molar-refractivity contribution >= 4 is 68.4 Å². The van der Waals surface area contributed by atoms with Gasteiger partial charge in [0.25, 0.3) is 0 Å². The average molecular weight is 669 g/mol. The maximum Gasteiger partial charge on any atom is 0.410 e. The van der Waals surface area contributed by atoms with Crippen molar-refractivity contribution in [1.82, 2.24) is 19.6 Å². The van der Waals surface area contributed by atoms with Gasteiger partial charge in [-0.3, -0.25) is 18.9 Å². The Morgan fingerprint density at radius 3 is 2.66 bits per heavy atom. The minimum absolute atomic E-state index is 0.0374. The zero-order valence-corrected chi connectivity index (χ0v) is 26.6. The Kier molecular flexibility index (Phi) is 9.40. The third-order valence-corrected chi connectivity index (χ3v) is 8.32. The lowest BCUT2D eigenvalue weighted by Crippen LogP contribution is -2.49. The van der Waals surface area contributed by atoms with Crippen molar-refractivity contribution < 1.29 is 23.9 Å². The van der Waals surface area contributed by atoms with Crippen LogP contribution in [-0.2, 0) is 20.9 Å². The molecule has 4 rings (SSSR count). The molecule has 1 fully saturated rings. The van der Waals surface area contributed by atoms with Crippen LogP contribution in [0, 0.1) is 6.92 Å². The lowest BCUT2D eigenvalue weighted by Gasteiger charge is -2.28. The predicted molar refractivity (Wildman–Crippen MR) is 161 cm³/mol. The lowest BCUT2D eigenvalue weighted by molar-refractivity contribution is -0.128. The van der Waals surface area contributed by atoms with Gasteiger partial charge in [0.2, 0.25) is 11.8 Å². The number of aryl methyl sites for hydroxylation is 1. The third kappa shape index (κ3) is 6.90. The van der Waals surface area contributed by atoms with E-state index in [2.05, 4.69) is 26.2 Å². The van der Waals surface area contributed by atoms with Gasteiger partial charge in [0.15, 0.2) is 11.4 Å². The van der Waals surface area contributed by atoms with Gasteiger partial charge in [0.05, 0.1) is 22.9 Å². The molecule has 0 unspecified atom stereocenters. The van der Waals surface area contributed by atoms with E-state index >= 15 is 0 Å². The van der Waals surface area contributed by atoms with Crippen LogP contribution >= 0.6 is 39.1 Å². The van der Waals surface area contributed by atoms with E-state index in [9.17, 15) is 14.4 Å². The number of benzene rings is 1. The summed E-state index contributed by atoms with van der Waals surface area (Å²) in [5, 5.41) is 3.28. The number of ether oxygens (including phenoxy) is 2. The first kappa shape index (κ1) is 30.9. The van der Waals surface area contributed by atoms with Crippen LogP contribution in [0.5, 0.6) is 5.75 Å². The Labute approximate surface area is 257 Å². The molecule has 13 heteroatoms. The minimum atomic E-state index is -0.699. The van der Waals surface area contributed by atoms with Crippen LogP contribution in [0.4, 0.5) is 10.5 Å². The molecule has 3 amide bonds. The summed E-state index contributed by atoms with van der Waals surface area (Å²) in [7, 11) is 1.56. The number of aromatic nitrogens is 2. The second-order valence-electron chi connectivity index (χ2n) is 10.7.